The number of nitrogens with one attached hydrogen (secondary N) is 1. The van der Waals surface area contributed by atoms with Crippen molar-refractivity contribution in [3.63, 3.8) is 0 Å². The fourth-order valence-electron chi connectivity index (χ4n) is 1.92. The van der Waals surface area contributed by atoms with Gasteiger partial charge >= 0.3 is 0 Å². The van der Waals surface area contributed by atoms with Crippen LogP contribution >= 0.6 is 0 Å². The molecule has 3 heteroatoms. The lowest BCUT2D eigenvalue weighted by molar-refractivity contribution is -0.122. The summed E-state index contributed by atoms with van der Waals surface area (Å²) in [6.45, 7) is 4.80. The van der Waals surface area contributed by atoms with Crippen LogP contribution < -0.4 is 11.1 Å². The summed E-state index contributed by atoms with van der Waals surface area (Å²) in [6, 6.07) is -0.376. The molecule has 1 fully saturated rings. The molecule has 3 N–H and O–H groups in total. The summed E-state index contributed by atoms with van der Waals surface area (Å²) in [4.78, 5) is 11.1. The number of carbonyl (C=O) groups is 1. The third-order valence-electron chi connectivity index (χ3n) is 2.78. The highest BCUT2D eigenvalue weighted by Gasteiger charge is 2.21. The van der Waals surface area contributed by atoms with Gasteiger partial charge in [0.1, 0.15) is 0 Å². The lowest BCUT2D eigenvalue weighted by Gasteiger charge is -2.12. The van der Waals surface area contributed by atoms with Gasteiger partial charge in [-0.2, -0.15) is 0 Å². The van der Waals surface area contributed by atoms with Crippen molar-refractivity contribution < 1.29 is 4.79 Å². The predicted molar refractivity (Wildman–Crippen MR) is 53.2 cm³/mol. The number of nitrogens with two attached hydrogens (primary N) is 1. The molecule has 3 atom stereocenters. The van der Waals surface area contributed by atoms with Crippen molar-refractivity contribution >= 4 is 5.91 Å². The highest BCUT2D eigenvalue weighted by Crippen LogP contribution is 2.29. The molecule has 0 heterocycles. The summed E-state index contributed by atoms with van der Waals surface area (Å²) in [6.07, 6.45) is 3.80. The van der Waals surface area contributed by atoms with Gasteiger partial charge in [-0.25, -0.2) is 0 Å². The second kappa shape index (κ2) is 4.61. The summed E-state index contributed by atoms with van der Waals surface area (Å²) in [5.74, 6) is 1.48. The third kappa shape index (κ3) is 3.35. The van der Waals surface area contributed by atoms with Gasteiger partial charge in [-0.05, 0) is 31.6 Å². The molecule has 0 aromatic carbocycles. The molecular formula is C10H20N2O. The first-order valence-corrected chi connectivity index (χ1v) is 5.13. The van der Waals surface area contributed by atoms with E-state index in [1.807, 2.05) is 0 Å². The standard InChI is InChI=1S/C10H20N2O/c1-7-3-4-9(5-7)6-12-10(13)8(2)11/h7-9H,3-6,11H2,1-2H3,(H,12,13). The van der Waals surface area contributed by atoms with E-state index in [0.29, 0.717) is 5.92 Å². The normalized spacial score (nSPS) is 30.1. The van der Waals surface area contributed by atoms with E-state index >= 15 is 0 Å². The first-order chi connectivity index (χ1) is 6.09. The summed E-state index contributed by atoms with van der Waals surface area (Å²) in [5, 5.41) is 2.88. The number of carbonyl (C=O) groups excluding carboxylic acids is 1. The van der Waals surface area contributed by atoms with Crippen LogP contribution in [0.4, 0.5) is 0 Å². The molecule has 1 amide bonds. The summed E-state index contributed by atoms with van der Waals surface area (Å²) in [7, 11) is 0. The zero-order valence-corrected chi connectivity index (χ0v) is 8.55. The van der Waals surface area contributed by atoms with Gasteiger partial charge in [-0.3, -0.25) is 4.79 Å². The van der Waals surface area contributed by atoms with Gasteiger partial charge in [0.25, 0.3) is 0 Å². The van der Waals surface area contributed by atoms with Crippen molar-refractivity contribution in [2.75, 3.05) is 6.54 Å². The molecule has 0 radical (unpaired) electrons. The zero-order chi connectivity index (χ0) is 9.84. The Labute approximate surface area is 80.1 Å². The summed E-state index contributed by atoms with van der Waals surface area (Å²) in [5.41, 5.74) is 5.44. The molecule has 1 rings (SSSR count). The SMILES string of the molecule is CC1CCC(CNC(=O)C(C)N)C1. The van der Waals surface area contributed by atoms with E-state index in [1.165, 1.54) is 19.3 Å². The van der Waals surface area contributed by atoms with E-state index in [0.717, 1.165) is 12.5 Å². The van der Waals surface area contributed by atoms with Crippen LogP contribution in [-0.2, 0) is 4.79 Å². The molecule has 76 valence electrons. The van der Waals surface area contributed by atoms with Crippen LogP contribution in [-0.4, -0.2) is 18.5 Å². The van der Waals surface area contributed by atoms with Crippen LogP contribution in [0.15, 0.2) is 0 Å². The van der Waals surface area contributed by atoms with Crippen LogP contribution in [0.1, 0.15) is 33.1 Å². The minimum atomic E-state index is -0.376. The Morgan fingerprint density at radius 3 is 2.77 bits per heavy atom. The Kier molecular flexibility index (Phi) is 3.72. The molecule has 0 aromatic heterocycles. The smallest absolute Gasteiger partial charge is 0.236 e. The Hall–Kier alpha value is -0.570. The van der Waals surface area contributed by atoms with Crippen LogP contribution in [0.5, 0.6) is 0 Å². The quantitative estimate of drug-likeness (QED) is 0.684. The maximum absolute atomic E-state index is 11.1. The molecule has 0 aromatic rings. The maximum atomic E-state index is 11.1. The topological polar surface area (TPSA) is 55.1 Å². The van der Waals surface area contributed by atoms with Crippen molar-refractivity contribution in [2.24, 2.45) is 17.6 Å². The van der Waals surface area contributed by atoms with Crippen LogP contribution in [0.25, 0.3) is 0 Å². The molecule has 3 unspecified atom stereocenters. The average molecular weight is 184 g/mol. The maximum Gasteiger partial charge on any atom is 0.236 e. The number of hydrogen-bond acceptors (Lipinski definition) is 2. The van der Waals surface area contributed by atoms with E-state index in [-0.39, 0.29) is 11.9 Å². The van der Waals surface area contributed by atoms with Crippen molar-refractivity contribution in [3.8, 4) is 0 Å². The molecule has 13 heavy (non-hydrogen) atoms. The molecule has 0 bridgehead atoms. The van der Waals surface area contributed by atoms with Crippen molar-refractivity contribution in [3.05, 3.63) is 0 Å². The van der Waals surface area contributed by atoms with E-state index in [4.69, 9.17) is 5.73 Å². The molecule has 0 spiro atoms. The van der Waals surface area contributed by atoms with Gasteiger partial charge in [0.05, 0.1) is 6.04 Å². The van der Waals surface area contributed by atoms with E-state index in [1.54, 1.807) is 6.92 Å². The van der Waals surface area contributed by atoms with Crippen LogP contribution in [0.2, 0.25) is 0 Å². The van der Waals surface area contributed by atoms with Gasteiger partial charge in [-0.1, -0.05) is 13.3 Å². The Bertz CT molecular complexity index is 180. The van der Waals surface area contributed by atoms with Crippen molar-refractivity contribution in [1.82, 2.24) is 5.32 Å². The summed E-state index contributed by atoms with van der Waals surface area (Å²) >= 11 is 0. The fraction of sp³-hybridized carbons (Fsp3) is 0.900. The molecule has 1 aliphatic carbocycles. The number of hydrogen-bond donors (Lipinski definition) is 2. The van der Waals surface area contributed by atoms with Gasteiger partial charge in [0, 0.05) is 6.54 Å². The predicted octanol–water partition coefficient (Wildman–Crippen LogP) is 0.886. The van der Waals surface area contributed by atoms with E-state index < -0.39 is 0 Å². The van der Waals surface area contributed by atoms with Gasteiger partial charge < -0.3 is 11.1 Å². The molecule has 1 aliphatic rings. The molecule has 0 aliphatic heterocycles. The number of rotatable bonds is 3. The first-order valence-electron chi connectivity index (χ1n) is 5.13. The fourth-order valence-corrected chi connectivity index (χ4v) is 1.92. The van der Waals surface area contributed by atoms with Crippen LogP contribution in [0, 0.1) is 11.8 Å². The lowest BCUT2D eigenvalue weighted by atomic mass is 10.1. The van der Waals surface area contributed by atoms with E-state index in [9.17, 15) is 4.79 Å². The van der Waals surface area contributed by atoms with Gasteiger partial charge in [0.2, 0.25) is 5.91 Å². The zero-order valence-electron chi connectivity index (χ0n) is 8.55. The lowest BCUT2D eigenvalue weighted by Crippen LogP contribution is -2.40. The Balaban J connectivity index is 2.16. The minimum absolute atomic E-state index is 0.0282. The highest BCUT2D eigenvalue weighted by molar-refractivity contribution is 5.80. The highest BCUT2D eigenvalue weighted by atomic mass is 16.2. The minimum Gasteiger partial charge on any atom is -0.354 e. The third-order valence-corrected chi connectivity index (χ3v) is 2.78. The van der Waals surface area contributed by atoms with E-state index in [2.05, 4.69) is 12.2 Å². The Morgan fingerprint density at radius 1 is 1.62 bits per heavy atom. The van der Waals surface area contributed by atoms with Crippen LogP contribution in [0.3, 0.4) is 0 Å². The molecule has 3 nitrogen and oxygen atoms in total. The number of amides is 1. The first kappa shape index (κ1) is 10.5. The largest absolute Gasteiger partial charge is 0.354 e. The second-order valence-corrected chi connectivity index (χ2v) is 4.32. The second-order valence-electron chi connectivity index (χ2n) is 4.32. The van der Waals surface area contributed by atoms with Gasteiger partial charge in [-0.15, -0.1) is 0 Å². The molecule has 1 saturated carbocycles. The Morgan fingerprint density at radius 2 is 2.31 bits per heavy atom. The van der Waals surface area contributed by atoms with Gasteiger partial charge in [0.15, 0.2) is 0 Å². The van der Waals surface area contributed by atoms with Crippen molar-refractivity contribution in [1.29, 1.82) is 0 Å². The summed E-state index contributed by atoms with van der Waals surface area (Å²) < 4.78 is 0. The molecule has 0 saturated heterocycles. The van der Waals surface area contributed by atoms with Crippen molar-refractivity contribution in [2.45, 2.75) is 39.2 Å². The molecular weight excluding hydrogens is 164 g/mol. The monoisotopic (exact) mass is 184 g/mol. The average Bonchev–Trinajstić information content (AvgIpc) is 2.47.